The summed E-state index contributed by atoms with van der Waals surface area (Å²) < 4.78 is 23.6. The van der Waals surface area contributed by atoms with E-state index in [1.807, 2.05) is 0 Å². The van der Waals surface area contributed by atoms with Crippen molar-refractivity contribution in [3.8, 4) is 0 Å². The molecule has 0 unspecified atom stereocenters. The van der Waals surface area contributed by atoms with E-state index in [4.69, 9.17) is 0 Å². The van der Waals surface area contributed by atoms with Crippen molar-refractivity contribution in [1.82, 2.24) is 4.47 Å². The van der Waals surface area contributed by atoms with E-state index in [0.29, 0.717) is 10.4 Å². The van der Waals surface area contributed by atoms with Crippen LogP contribution < -0.4 is 0 Å². The van der Waals surface area contributed by atoms with Crippen molar-refractivity contribution in [2.45, 2.75) is 45.1 Å². The minimum atomic E-state index is -3.51. The Morgan fingerprint density at radius 3 is 2.00 bits per heavy atom. The van der Waals surface area contributed by atoms with Gasteiger partial charge in [-0.3, -0.25) is 5.21 Å². The van der Waals surface area contributed by atoms with Gasteiger partial charge in [-0.05, 0) is 37.0 Å². The third kappa shape index (κ3) is 1.29. The molecule has 0 saturated heterocycles. The molecule has 0 aromatic heterocycles. The summed E-state index contributed by atoms with van der Waals surface area (Å²) in [5.41, 5.74) is -0.657. The van der Waals surface area contributed by atoms with Crippen LogP contribution in [0.3, 0.4) is 0 Å². The number of rotatable bonds is 2. The largest absolute Gasteiger partial charge is 0.299 e. The number of hydrogen-bond donors (Lipinski definition) is 1. The third-order valence-corrected chi connectivity index (χ3v) is 5.69. The van der Waals surface area contributed by atoms with E-state index in [9.17, 15) is 13.6 Å². The molecule has 1 N–H and O–H groups in total. The van der Waals surface area contributed by atoms with Crippen LogP contribution in [0.2, 0.25) is 0 Å². The molecule has 0 spiro atoms. The highest BCUT2D eigenvalue weighted by molar-refractivity contribution is 7.88. The van der Waals surface area contributed by atoms with Crippen LogP contribution in [0.15, 0.2) is 0 Å². The van der Waals surface area contributed by atoms with Gasteiger partial charge in [0, 0.05) is 0 Å². The fourth-order valence-electron chi connectivity index (χ4n) is 3.60. The van der Waals surface area contributed by atoms with Crippen LogP contribution in [0.4, 0.5) is 0 Å². The Kier molecular flexibility index (Phi) is 2.24. The lowest BCUT2D eigenvalue weighted by Gasteiger charge is -2.42. The second-order valence-electron chi connectivity index (χ2n) is 5.53. The van der Waals surface area contributed by atoms with Crippen LogP contribution in [-0.2, 0) is 10.0 Å². The van der Waals surface area contributed by atoms with E-state index < -0.39 is 15.6 Å². The van der Waals surface area contributed by atoms with Gasteiger partial charge in [0.2, 0.25) is 10.0 Å². The Labute approximate surface area is 91.3 Å². The molecular weight excluding hydrogens is 214 g/mol. The second kappa shape index (κ2) is 2.96. The van der Waals surface area contributed by atoms with Crippen LogP contribution in [0.25, 0.3) is 0 Å². The second-order valence-corrected chi connectivity index (χ2v) is 7.35. The normalized spacial score (nSPS) is 38.9. The van der Waals surface area contributed by atoms with Crippen LogP contribution in [0.1, 0.15) is 39.5 Å². The van der Waals surface area contributed by atoms with E-state index in [1.165, 1.54) is 0 Å². The Morgan fingerprint density at radius 2 is 1.73 bits per heavy atom. The minimum absolute atomic E-state index is 0.106. The molecule has 0 amide bonds. The lowest BCUT2D eigenvalue weighted by Crippen LogP contribution is -2.54. The van der Waals surface area contributed by atoms with Crippen molar-refractivity contribution in [2.75, 3.05) is 6.26 Å². The van der Waals surface area contributed by atoms with Crippen molar-refractivity contribution >= 4 is 10.0 Å². The number of hydrogen-bond acceptors (Lipinski definition) is 3. The van der Waals surface area contributed by atoms with E-state index >= 15 is 0 Å². The molecule has 2 aliphatic rings. The average molecular weight is 233 g/mol. The van der Waals surface area contributed by atoms with Gasteiger partial charge in [0.1, 0.15) is 0 Å². The molecular formula is C10H19NO3S. The Hall–Kier alpha value is -0.130. The predicted molar refractivity (Wildman–Crippen MR) is 56.9 cm³/mol. The maximum absolute atomic E-state index is 11.5. The first-order valence-corrected chi connectivity index (χ1v) is 7.26. The molecule has 0 atom stereocenters. The van der Waals surface area contributed by atoms with Crippen LogP contribution >= 0.6 is 0 Å². The topological polar surface area (TPSA) is 57.6 Å². The summed E-state index contributed by atoms with van der Waals surface area (Å²) in [5.74, 6) is 0.550. The van der Waals surface area contributed by atoms with Crippen molar-refractivity contribution in [3.63, 3.8) is 0 Å². The predicted octanol–water partition coefficient (Wildman–Crippen LogP) is 1.61. The first kappa shape index (κ1) is 11.4. The van der Waals surface area contributed by atoms with Crippen LogP contribution in [0, 0.1) is 11.3 Å². The zero-order valence-electron chi connectivity index (χ0n) is 9.52. The molecule has 0 heterocycles. The van der Waals surface area contributed by atoms with Crippen molar-refractivity contribution < 1.29 is 13.6 Å². The molecule has 2 aliphatic carbocycles. The van der Waals surface area contributed by atoms with E-state index in [2.05, 4.69) is 13.8 Å². The van der Waals surface area contributed by atoms with Gasteiger partial charge in [-0.25, -0.2) is 8.42 Å². The number of sulfonamides is 1. The van der Waals surface area contributed by atoms with Gasteiger partial charge < -0.3 is 0 Å². The Balaban J connectivity index is 2.43. The molecule has 0 radical (unpaired) electrons. The van der Waals surface area contributed by atoms with Crippen molar-refractivity contribution in [1.29, 1.82) is 0 Å². The summed E-state index contributed by atoms with van der Waals surface area (Å²) in [4.78, 5) is 0. The van der Waals surface area contributed by atoms with E-state index in [0.717, 1.165) is 31.9 Å². The zero-order chi connectivity index (χ0) is 11.5. The Morgan fingerprint density at radius 1 is 1.27 bits per heavy atom. The summed E-state index contributed by atoms with van der Waals surface area (Å²) in [6, 6.07) is 0. The fraction of sp³-hybridized carbons (Fsp3) is 1.00. The first-order valence-electron chi connectivity index (χ1n) is 5.41. The van der Waals surface area contributed by atoms with Gasteiger partial charge in [0.15, 0.2) is 0 Å². The monoisotopic (exact) mass is 233 g/mol. The van der Waals surface area contributed by atoms with E-state index in [-0.39, 0.29) is 5.41 Å². The molecule has 2 rings (SSSR count). The molecule has 2 fully saturated rings. The molecule has 15 heavy (non-hydrogen) atoms. The van der Waals surface area contributed by atoms with E-state index in [1.54, 1.807) is 0 Å². The van der Waals surface area contributed by atoms with Crippen molar-refractivity contribution in [3.05, 3.63) is 0 Å². The van der Waals surface area contributed by atoms with Gasteiger partial charge in [-0.15, -0.1) is 0 Å². The highest BCUT2D eigenvalue weighted by Crippen LogP contribution is 2.62. The molecule has 0 aromatic rings. The molecule has 2 bridgehead atoms. The SMILES string of the molecule is CC1(C)C2CCC1(N(O)S(C)(=O)=O)CC2. The van der Waals surface area contributed by atoms with Crippen LogP contribution in [0.5, 0.6) is 0 Å². The molecule has 5 heteroatoms. The minimum Gasteiger partial charge on any atom is -0.299 e. The molecule has 88 valence electrons. The maximum atomic E-state index is 11.5. The summed E-state index contributed by atoms with van der Waals surface area (Å²) in [6.45, 7) is 4.15. The standard InChI is InChI=1S/C10H19NO3S/c1-9(2)8-4-6-10(9,7-5-8)11(12)15(3,13)14/h8,12H,4-7H2,1-3H3. The molecule has 2 saturated carbocycles. The van der Waals surface area contributed by atoms with Gasteiger partial charge in [-0.1, -0.05) is 18.3 Å². The average Bonchev–Trinajstić information content (AvgIpc) is 2.51. The first-order chi connectivity index (χ1) is 6.72. The lowest BCUT2D eigenvalue weighted by molar-refractivity contribution is -0.120. The smallest absolute Gasteiger partial charge is 0.233 e. The fourth-order valence-corrected chi connectivity index (χ4v) is 4.65. The van der Waals surface area contributed by atoms with Gasteiger partial charge in [0.25, 0.3) is 0 Å². The number of nitrogens with zero attached hydrogens (tertiary/aromatic N) is 1. The molecule has 0 aromatic carbocycles. The van der Waals surface area contributed by atoms with Gasteiger partial charge >= 0.3 is 0 Å². The quantitative estimate of drug-likeness (QED) is 0.737. The number of fused-ring (bicyclic) bond motifs is 2. The Bertz CT molecular complexity index is 366. The molecule has 0 aliphatic heterocycles. The maximum Gasteiger partial charge on any atom is 0.233 e. The lowest BCUT2D eigenvalue weighted by atomic mass is 9.77. The van der Waals surface area contributed by atoms with Gasteiger partial charge in [-0.2, -0.15) is 0 Å². The third-order valence-electron chi connectivity index (χ3n) is 4.71. The van der Waals surface area contributed by atoms with Gasteiger partial charge in [0.05, 0.1) is 11.8 Å². The summed E-state index contributed by atoms with van der Waals surface area (Å²) >= 11 is 0. The summed E-state index contributed by atoms with van der Waals surface area (Å²) in [6.07, 6.45) is 4.70. The summed E-state index contributed by atoms with van der Waals surface area (Å²) in [5, 5.41) is 9.94. The highest BCUT2D eigenvalue weighted by atomic mass is 32.2. The zero-order valence-corrected chi connectivity index (χ0v) is 10.3. The number of hydroxylamine groups is 1. The molecule has 4 nitrogen and oxygen atoms in total. The summed E-state index contributed by atoms with van der Waals surface area (Å²) in [7, 11) is -3.51. The van der Waals surface area contributed by atoms with Crippen LogP contribution in [-0.4, -0.2) is 29.9 Å². The highest BCUT2D eigenvalue weighted by Gasteiger charge is 2.63. The van der Waals surface area contributed by atoms with Crippen molar-refractivity contribution in [2.24, 2.45) is 11.3 Å².